The number of anilines is 1. The van der Waals surface area contributed by atoms with Gasteiger partial charge in [-0.1, -0.05) is 35.5 Å². The van der Waals surface area contributed by atoms with Crippen LogP contribution in [0.4, 0.5) is 5.69 Å². The van der Waals surface area contributed by atoms with Crippen molar-refractivity contribution in [2.75, 3.05) is 18.9 Å². The Morgan fingerprint density at radius 1 is 0.946 bits per heavy atom. The lowest BCUT2D eigenvalue weighted by atomic mass is 10.2. The zero-order valence-electron chi connectivity index (χ0n) is 20.0. The van der Waals surface area contributed by atoms with E-state index in [4.69, 9.17) is 14.0 Å². The normalized spacial score (nSPS) is 11.3. The summed E-state index contributed by atoms with van der Waals surface area (Å²) in [6.07, 6.45) is 3.47. The molecule has 0 fully saturated rings. The highest BCUT2D eigenvalue weighted by Crippen LogP contribution is 2.32. The van der Waals surface area contributed by atoms with Crippen molar-refractivity contribution in [1.29, 1.82) is 0 Å². The van der Waals surface area contributed by atoms with Gasteiger partial charge in [-0.2, -0.15) is 4.98 Å². The monoisotopic (exact) mass is 517 g/mol. The van der Waals surface area contributed by atoms with Crippen LogP contribution in [-0.4, -0.2) is 42.3 Å². The number of rotatable bonds is 9. The number of nitrogens with zero attached hydrogens (tertiary/aromatic N) is 4. The minimum atomic E-state index is -3.64. The molecule has 11 heteroatoms. The molecule has 0 aliphatic rings. The second-order valence-electron chi connectivity index (χ2n) is 8.04. The standard InChI is InChI=1S/C26H23N5O5S/c1-34-23-13-10-19(14-24(23)35-2)25-28-26(36-29-25)22-16-31(17-27-22)15-18-8-11-20(12-9-18)30-37(32,33)21-6-4-3-5-7-21/h3-14,16-17,30H,15H2,1-2H3. The summed E-state index contributed by atoms with van der Waals surface area (Å²) in [5, 5.41) is 4.06. The van der Waals surface area contributed by atoms with E-state index >= 15 is 0 Å². The molecule has 10 nitrogen and oxygen atoms in total. The quantitative estimate of drug-likeness (QED) is 0.304. The molecular formula is C26H23N5O5S. The van der Waals surface area contributed by atoms with Crippen LogP contribution in [0.15, 0.2) is 94.7 Å². The van der Waals surface area contributed by atoms with Gasteiger partial charge < -0.3 is 18.6 Å². The van der Waals surface area contributed by atoms with Gasteiger partial charge in [-0.25, -0.2) is 13.4 Å². The molecule has 2 heterocycles. The third-order valence-corrected chi connectivity index (χ3v) is 6.94. The van der Waals surface area contributed by atoms with Gasteiger partial charge in [0.2, 0.25) is 5.82 Å². The molecule has 3 aromatic carbocycles. The van der Waals surface area contributed by atoms with Crippen molar-refractivity contribution in [2.45, 2.75) is 11.4 Å². The van der Waals surface area contributed by atoms with Crippen molar-refractivity contribution in [3.63, 3.8) is 0 Å². The Balaban J connectivity index is 1.26. The fourth-order valence-corrected chi connectivity index (χ4v) is 4.76. The second-order valence-corrected chi connectivity index (χ2v) is 9.72. The van der Waals surface area contributed by atoms with Crippen molar-refractivity contribution in [2.24, 2.45) is 0 Å². The molecule has 5 rings (SSSR count). The predicted molar refractivity (Wildman–Crippen MR) is 137 cm³/mol. The van der Waals surface area contributed by atoms with Gasteiger partial charge in [0.15, 0.2) is 11.5 Å². The number of sulfonamides is 1. The Hall–Kier alpha value is -4.64. The molecule has 0 saturated heterocycles. The number of hydrogen-bond donors (Lipinski definition) is 1. The first kappa shape index (κ1) is 24.1. The highest BCUT2D eigenvalue weighted by atomic mass is 32.2. The van der Waals surface area contributed by atoms with Gasteiger partial charge in [0.1, 0.15) is 5.69 Å². The van der Waals surface area contributed by atoms with E-state index in [0.29, 0.717) is 35.2 Å². The minimum Gasteiger partial charge on any atom is -0.493 e. The summed E-state index contributed by atoms with van der Waals surface area (Å²) in [7, 11) is -0.506. The summed E-state index contributed by atoms with van der Waals surface area (Å²) < 4.78 is 45.5. The minimum absolute atomic E-state index is 0.209. The van der Waals surface area contributed by atoms with Crippen LogP contribution < -0.4 is 14.2 Å². The smallest absolute Gasteiger partial charge is 0.278 e. The van der Waals surface area contributed by atoms with Crippen LogP contribution in [0.1, 0.15) is 5.56 Å². The lowest BCUT2D eigenvalue weighted by molar-refractivity contribution is 0.355. The van der Waals surface area contributed by atoms with E-state index < -0.39 is 10.0 Å². The lowest BCUT2D eigenvalue weighted by Crippen LogP contribution is -2.12. The van der Waals surface area contributed by atoms with Crippen LogP contribution in [-0.2, 0) is 16.6 Å². The van der Waals surface area contributed by atoms with Crippen LogP contribution in [0.3, 0.4) is 0 Å². The summed E-state index contributed by atoms with van der Waals surface area (Å²) in [4.78, 5) is 9.05. The Morgan fingerprint density at radius 2 is 1.70 bits per heavy atom. The summed E-state index contributed by atoms with van der Waals surface area (Å²) in [6, 6.07) is 20.7. The molecule has 0 bridgehead atoms. The molecule has 0 unspecified atom stereocenters. The molecule has 1 N–H and O–H groups in total. The predicted octanol–water partition coefficient (Wildman–Crippen LogP) is 4.47. The van der Waals surface area contributed by atoms with Crippen molar-refractivity contribution in [1.82, 2.24) is 19.7 Å². The van der Waals surface area contributed by atoms with Gasteiger partial charge in [-0.05, 0) is 48.0 Å². The summed E-state index contributed by atoms with van der Waals surface area (Å²) in [5.74, 6) is 1.86. The molecule has 188 valence electrons. The molecular weight excluding hydrogens is 494 g/mol. The first-order chi connectivity index (χ1) is 17.9. The van der Waals surface area contributed by atoms with Gasteiger partial charge in [-0.15, -0.1) is 0 Å². The molecule has 5 aromatic rings. The highest BCUT2D eigenvalue weighted by Gasteiger charge is 2.16. The van der Waals surface area contributed by atoms with Crippen LogP contribution in [0.25, 0.3) is 23.0 Å². The van der Waals surface area contributed by atoms with Crippen molar-refractivity contribution in [3.05, 3.63) is 90.9 Å². The summed E-state index contributed by atoms with van der Waals surface area (Å²) in [6.45, 7) is 0.523. The van der Waals surface area contributed by atoms with E-state index in [1.54, 1.807) is 81.3 Å². The van der Waals surface area contributed by atoms with Crippen LogP contribution in [0.2, 0.25) is 0 Å². The third-order valence-electron chi connectivity index (χ3n) is 5.54. The zero-order chi connectivity index (χ0) is 25.8. The van der Waals surface area contributed by atoms with Gasteiger partial charge in [0, 0.05) is 24.0 Å². The molecule has 0 saturated carbocycles. The Bertz CT molecular complexity index is 1610. The third kappa shape index (κ3) is 5.31. The van der Waals surface area contributed by atoms with E-state index in [1.165, 1.54) is 0 Å². The van der Waals surface area contributed by atoms with Gasteiger partial charge >= 0.3 is 0 Å². The Labute approximate surface area is 213 Å². The number of benzene rings is 3. The van der Waals surface area contributed by atoms with E-state index in [-0.39, 0.29) is 10.8 Å². The van der Waals surface area contributed by atoms with Gasteiger partial charge in [-0.3, -0.25) is 4.72 Å². The van der Waals surface area contributed by atoms with Crippen molar-refractivity contribution >= 4 is 15.7 Å². The zero-order valence-corrected chi connectivity index (χ0v) is 20.8. The number of methoxy groups -OCH3 is 2. The first-order valence-corrected chi connectivity index (χ1v) is 12.7. The van der Waals surface area contributed by atoms with Gasteiger partial charge in [0.05, 0.1) is 25.4 Å². The average molecular weight is 518 g/mol. The molecule has 0 aliphatic carbocycles. The fraction of sp³-hybridized carbons (Fsp3) is 0.115. The molecule has 0 spiro atoms. The molecule has 37 heavy (non-hydrogen) atoms. The topological polar surface area (TPSA) is 121 Å². The maximum absolute atomic E-state index is 12.5. The summed E-state index contributed by atoms with van der Waals surface area (Å²) in [5.41, 5.74) is 2.69. The number of aromatic nitrogens is 4. The number of nitrogens with one attached hydrogen (secondary N) is 1. The van der Waals surface area contributed by atoms with E-state index in [1.807, 2.05) is 22.8 Å². The average Bonchev–Trinajstić information content (AvgIpc) is 3.60. The van der Waals surface area contributed by atoms with E-state index in [2.05, 4.69) is 19.8 Å². The SMILES string of the molecule is COc1ccc(-c2noc(-c3cn(Cc4ccc(NS(=O)(=O)c5ccccc5)cc4)cn3)n2)cc1OC. The molecule has 0 radical (unpaired) electrons. The van der Waals surface area contributed by atoms with Crippen LogP contribution >= 0.6 is 0 Å². The molecule has 0 aliphatic heterocycles. The van der Waals surface area contributed by atoms with Crippen LogP contribution in [0, 0.1) is 0 Å². The Morgan fingerprint density at radius 3 is 2.43 bits per heavy atom. The highest BCUT2D eigenvalue weighted by molar-refractivity contribution is 7.92. The largest absolute Gasteiger partial charge is 0.493 e. The second kappa shape index (κ2) is 10.2. The first-order valence-electron chi connectivity index (χ1n) is 11.2. The van der Waals surface area contributed by atoms with Crippen LogP contribution in [0.5, 0.6) is 11.5 Å². The summed E-state index contributed by atoms with van der Waals surface area (Å²) >= 11 is 0. The number of hydrogen-bond acceptors (Lipinski definition) is 8. The maximum atomic E-state index is 12.5. The molecule has 0 amide bonds. The number of imidazole rings is 1. The van der Waals surface area contributed by atoms with E-state index in [0.717, 1.165) is 11.1 Å². The molecule has 0 atom stereocenters. The molecule has 2 aromatic heterocycles. The van der Waals surface area contributed by atoms with E-state index in [9.17, 15) is 8.42 Å². The number of ether oxygens (including phenoxy) is 2. The van der Waals surface area contributed by atoms with Gasteiger partial charge in [0.25, 0.3) is 15.9 Å². The fourth-order valence-electron chi connectivity index (χ4n) is 3.68. The van der Waals surface area contributed by atoms with Crippen molar-refractivity contribution in [3.8, 4) is 34.5 Å². The Kier molecular flexibility index (Phi) is 6.60. The van der Waals surface area contributed by atoms with Crippen molar-refractivity contribution < 1.29 is 22.4 Å². The lowest BCUT2D eigenvalue weighted by Gasteiger charge is -2.09. The maximum Gasteiger partial charge on any atom is 0.278 e.